The van der Waals surface area contributed by atoms with Gasteiger partial charge in [-0.3, -0.25) is 9.78 Å². The maximum absolute atomic E-state index is 13.7. The van der Waals surface area contributed by atoms with E-state index < -0.39 is 5.92 Å². The second-order valence-corrected chi connectivity index (χ2v) is 7.32. The topological polar surface area (TPSA) is 112 Å². The predicted octanol–water partition coefficient (Wildman–Crippen LogP) is 2.84. The zero-order chi connectivity index (χ0) is 22.8. The summed E-state index contributed by atoms with van der Waals surface area (Å²) < 4.78 is 18.1. The van der Waals surface area contributed by atoms with Crippen molar-refractivity contribution in [2.45, 2.75) is 19.4 Å². The van der Waals surface area contributed by atoms with E-state index in [1.54, 1.807) is 42.1 Å². The van der Waals surface area contributed by atoms with Crippen molar-refractivity contribution in [2.24, 2.45) is 5.73 Å². The first-order valence-corrected chi connectivity index (χ1v) is 9.92. The van der Waals surface area contributed by atoms with Gasteiger partial charge in [0.05, 0.1) is 37.9 Å². The van der Waals surface area contributed by atoms with E-state index in [0.29, 0.717) is 40.6 Å². The molecule has 8 nitrogen and oxygen atoms in total. The number of nitrogens with two attached hydrogens (primary N) is 1. The van der Waals surface area contributed by atoms with Crippen LogP contribution >= 0.6 is 0 Å². The number of fused-ring (bicyclic) bond motifs is 1. The molecule has 1 aromatic carbocycles. The Hall–Kier alpha value is -4.25. The second kappa shape index (κ2) is 8.47. The van der Waals surface area contributed by atoms with Crippen molar-refractivity contribution in [3.8, 4) is 23.3 Å². The Morgan fingerprint density at radius 1 is 1.19 bits per heavy atom. The molecule has 3 aromatic rings. The van der Waals surface area contributed by atoms with Crippen LogP contribution in [-0.4, -0.2) is 23.8 Å². The highest BCUT2D eigenvalue weighted by Crippen LogP contribution is 2.42. The fourth-order valence-electron chi connectivity index (χ4n) is 3.90. The number of methoxy groups -OCH3 is 2. The molecule has 1 aliphatic rings. The van der Waals surface area contributed by atoms with E-state index in [4.69, 9.17) is 19.9 Å². The van der Waals surface area contributed by atoms with E-state index in [-0.39, 0.29) is 17.0 Å². The SMILES string of the molecule is COc1ccc(C2C(C#N)=C(N)Oc3cc(C)n(Cc4ccccn4)c(=O)c32)cc1OC. The van der Waals surface area contributed by atoms with Gasteiger partial charge in [-0.2, -0.15) is 5.26 Å². The summed E-state index contributed by atoms with van der Waals surface area (Å²) in [6.07, 6.45) is 1.68. The minimum absolute atomic E-state index is 0.0268. The molecular weight excluding hydrogens is 408 g/mol. The Bertz CT molecular complexity index is 1310. The number of rotatable bonds is 5. The molecular formula is C24H22N4O4. The quantitative estimate of drug-likeness (QED) is 0.662. The lowest BCUT2D eigenvalue weighted by Crippen LogP contribution is -2.33. The molecule has 162 valence electrons. The first-order valence-electron chi connectivity index (χ1n) is 9.92. The number of pyridine rings is 2. The first kappa shape index (κ1) is 21.0. The minimum Gasteiger partial charge on any atom is -0.493 e. The molecule has 0 saturated heterocycles. The highest BCUT2D eigenvalue weighted by molar-refractivity contribution is 5.57. The normalized spacial score (nSPS) is 14.9. The number of aryl methyl sites for hydroxylation is 1. The van der Waals surface area contributed by atoms with Crippen LogP contribution in [-0.2, 0) is 6.54 Å². The molecule has 0 saturated carbocycles. The van der Waals surface area contributed by atoms with Gasteiger partial charge in [0.2, 0.25) is 5.88 Å². The molecule has 3 heterocycles. The van der Waals surface area contributed by atoms with Crippen LogP contribution in [0.25, 0.3) is 0 Å². The van der Waals surface area contributed by atoms with Crippen molar-refractivity contribution >= 4 is 0 Å². The third kappa shape index (κ3) is 3.54. The molecule has 0 radical (unpaired) electrons. The predicted molar refractivity (Wildman–Crippen MR) is 118 cm³/mol. The Kier molecular flexibility index (Phi) is 5.56. The number of aromatic nitrogens is 2. The second-order valence-electron chi connectivity index (χ2n) is 7.32. The van der Waals surface area contributed by atoms with E-state index in [0.717, 1.165) is 5.69 Å². The molecule has 1 atom stereocenters. The number of allylic oxidation sites excluding steroid dienone is 1. The zero-order valence-corrected chi connectivity index (χ0v) is 18.0. The number of benzene rings is 1. The Morgan fingerprint density at radius 2 is 1.97 bits per heavy atom. The number of hydrogen-bond donors (Lipinski definition) is 1. The fourth-order valence-corrected chi connectivity index (χ4v) is 3.90. The van der Waals surface area contributed by atoms with Crippen LogP contribution in [0, 0.1) is 18.3 Å². The van der Waals surface area contributed by atoms with Crippen LogP contribution in [0.4, 0.5) is 0 Å². The zero-order valence-electron chi connectivity index (χ0n) is 18.0. The molecule has 1 aliphatic heterocycles. The van der Waals surface area contributed by atoms with Gasteiger partial charge in [0.15, 0.2) is 11.5 Å². The highest BCUT2D eigenvalue weighted by atomic mass is 16.5. The summed E-state index contributed by atoms with van der Waals surface area (Å²) in [7, 11) is 3.07. The number of hydrogen-bond acceptors (Lipinski definition) is 7. The van der Waals surface area contributed by atoms with Crippen molar-refractivity contribution < 1.29 is 14.2 Å². The van der Waals surface area contributed by atoms with E-state index >= 15 is 0 Å². The molecule has 8 heteroatoms. The van der Waals surface area contributed by atoms with Gasteiger partial charge in [-0.05, 0) is 36.8 Å². The van der Waals surface area contributed by atoms with E-state index in [1.165, 1.54) is 7.11 Å². The van der Waals surface area contributed by atoms with Crippen LogP contribution in [0.5, 0.6) is 17.2 Å². The van der Waals surface area contributed by atoms with Gasteiger partial charge < -0.3 is 24.5 Å². The Balaban J connectivity index is 1.93. The smallest absolute Gasteiger partial charge is 0.259 e. The third-order valence-electron chi connectivity index (χ3n) is 5.48. The first-order chi connectivity index (χ1) is 15.5. The van der Waals surface area contributed by atoms with Gasteiger partial charge in [0, 0.05) is 18.0 Å². The van der Waals surface area contributed by atoms with Gasteiger partial charge in [-0.25, -0.2) is 0 Å². The average Bonchev–Trinajstić information content (AvgIpc) is 2.81. The van der Waals surface area contributed by atoms with Gasteiger partial charge in [0.25, 0.3) is 5.56 Å². The highest BCUT2D eigenvalue weighted by Gasteiger charge is 2.35. The average molecular weight is 430 g/mol. The van der Waals surface area contributed by atoms with Crippen LogP contribution in [0.15, 0.2) is 64.9 Å². The third-order valence-corrected chi connectivity index (χ3v) is 5.48. The molecule has 1 unspecified atom stereocenters. The van der Waals surface area contributed by atoms with Gasteiger partial charge in [0.1, 0.15) is 17.4 Å². The van der Waals surface area contributed by atoms with Gasteiger partial charge in [-0.1, -0.05) is 12.1 Å². The van der Waals surface area contributed by atoms with Gasteiger partial charge >= 0.3 is 0 Å². The van der Waals surface area contributed by atoms with E-state index in [1.807, 2.05) is 25.1 Å². The van der Waals surface area contributed by atoms with Crippen LogP contribution in [0.3, 0.4) is 0 Å². The number of nitrogens with zero attached hydrogens (tertiary/aromatic N) is 3. The Labute approximate surface area is 185 Å². The van der Waals surface area contributed by atoms with Crippen molar-refractivity contribution in [3.05, 3.63) is 93.0 Å². The van der Waals surface area contributed by atoms with E-state index in [2.05, 4.69) is 11.1 Å². The molecule has 0 amide bonds. The monoisotopic (exact) mass is 430 g/mol. The maximum Gasteiger partial charge on any atom is 0.259 e. The molecule has 4 rings (SSSR count). The van der Waals surface area contributed by atoms with Crippen LogP contribution in [0.2, 0.25) is 0 Å². The standard InChI is InChI=1S/C24H22N4O4/c1-14-10-20-22(24(29)28(14)13-16-6-4-5-9-27-16)21(17(12-25)23(26)32-20)15-7-8-18(30-2)19(11-15)31-3/h4-11,21H,13,26H2,1-3H3. The van der Waals surface area contributed by atoms with Crippen molar-refractivity contribution in [2.75, 3.05) is 14.2 Å². The largest absolute Gasteiger partial charge is 0.493 e. The summed E-state index contributed by atoms with van der Waals surface area (Å²) >= 11 is 0. The van der Waals surface area contributed by atoms with Crippen molar-refractivity contribution in [1.29, 1.82) is 5.26 Å². The number of ether oxygens (including phenoxy) is 3. The maximum atomic E-state index is 13.7. The number of nitriles is 1. The Morgan fingerprint density at radius 3 is 2.62 bits per heavy atom. The summed E-state index contributed by atoms with van der Waals surface area (Å²) in [5.41, 5.74) is 8.41. The molecule has 2 aromatic heterocycles. The van der Waals surface area contributed by atoms with Crippen LogP contribution in [0.1, 0.15) is 28.4 Å². The lowest BCUT2D eigenvalue weighted by atomic mass is 9.84. The molecule has 32 heavy (non-hydrogen) atoms. The van der Waals surface area contributed by atoms with Gasteiger partial charge in [-0.15, -0.1) is 0 Å². The lowest BCUT2D eigenvalue weighted by Gasteiger charge is -2.27. The summed E-state index contributed by atoms with van der Waals surface area (Å²) in [6, 6.07) is 14.7. The van der Waals surface area contributed by atoms with Crippen LogP contribution < -0.4 is 25.5 Å². The molecule has 0 fully saturated rings. The minimum atomic E-state index is -0.716. The summed E-state index contributed by atoms with van der Waals surface area (Å²) in [5, 5.41) is 9.85. The summed E-state index contributed by atoms with van der Waals surface area (Å²) in [4.78, 5) is 18.0. The molecule has 2 N–H and O–H groups in total. The molecule has 0 spiro atoms. The van der Waals surface area contributed by atoms with Crippen molar-refractivity contribution in [3.63, 3.8) is 0 Å². The van der Waals surface area contributed by atoms with E-state index in [9.17, 15) is 10.1 Å². The van der Waals surface area contributed by atoms with Crippen molar-refractivity contribution in [1.82, 2.24) is 9.55 Å². The summed E-state index contributed by atoms with van der Waals surface area (Å²) in [5.74, 6) is 0.610. The molecule has 0 bridgehead atoms. The summed E-state index contributed by atoms with van der Waals surface area (Å²) in [6.45, 7) is 2.11. The fraction of sp³-hybridized carbons (Fsp3) is 0.208. The molecule has 0 aliphatic carbocycles. The lowest BCUT2D eigenvalue weighted by molar-refractivity contribution is 0.354.